The van der Waals surface area contributed by atoms with E-state index in [2.05, 4.69) is 20.7 Å². The summed E-state index contributed by atoms with van der Waals surface area (Å²) in [5.41, 5.74) is 0.791. The van der Waals surface area contributed by atoms with Gasteiger partial charge in [0.15, 0.2) is 0 Å². The zero-order chi connectivity index (χ0) is 15.6. The van der Waals surface area contributed by atoms with Crippen LogP contribution in [0.3, 0.4) is 0 Å². The van der Waals surface area contributed by atoms with Crippen LogP contribution in [0.1, 0.15) is 18.5 Å². The molecular formula is C14H12BrCl2NO2S. The number of hydrogen-bond donors (Lipinski definition) is 1. The summed E-state index contributed by atoms with van der Waals surface area (Å²) in [5.74, 6) is 0. The molecule has 0 aromatic heterocycles. The second-order valence-corrected chi connectivity index (χ2v) is 7.89. The van der Waals surface area contributed by atoms with E-state index in [4.69, 9.17) is 23.2 Å². The van der Waals surface area contributed by atoms with E-state index in [0.29, 0.717) is 14.5 Å². The Bertz CT molecular complexity index is 765. The van der Waals surface area contributed by atoms with Gasteiger partial charge >= 0.3 is 0 Å². The summed E-state index contributed by atoms with van der Waals surface area (Å²) in [6.07, 6.45) is 0. The number of nitrogens with one attached hydrogen (secondary N) is 1. The first kappa shape index (κ1) is 16.8. The van der Waals surface area contributed by atoms with Crippen molar-refractivity contribution in [1.29, 1.82) is 0 Å². The Morgan fingerprint density at radius 2 is 1.86 bits per heavy atom. The fourth-order valence-corrected chi connectivity index (χ4v) is 3.89. The number of hydrogen-bond acceptors (Lipinski definition) is 2. The molecular weight excluding hydrogens is 397 g/mol. The van der Waals surface area contributed by atoms with Crippen molar-refractivity contribution in [3.05, 3.63) is 62.5 Å². The molecule has 112 valence electrons. The molecule has 0 aliphatic heterocycles. The minimum Gasteiger partial charge on any atom is -0.207 e. The lowest BCUT2D eigenvalue weighted by atomic mass is 10.1. The minimum absolute atomic E-state index is 0.146. The topological polar surface area (TPSA) is 46.2 Å². The number of halogens is 3. The minimum atomic E-state index is -3.64. The maximum Gasteiger partial charge on any atom is 0.241 e. The van der Waals surface area contributed by atoms with Crippen LogP contribution >= 0.6 is 39.1 Å². The molecule has 21 heavy (non-hydrogen) atoms. The second-order valence-electron chi connectivity index (χ2n) is 4.47. The second kappa shape index (κ2) is 6.67. The molecule has 1 N–H and O–H groups in total. The van der Waals surface area contributed by atoms with Crippen molar-refractivity contribution in [2.24, 2.45) is 0 Å². The molecule has 0 aliphatic rings. The number of benzene rings is 2. The van der Waals surface area contributed by atoms with Crippen LogP contribution in [0.15, 0.2) is 51.8 Å². The molecule has 0 fully saturated rings. The largest absolute Gasteiger partial charge is 0.241 e. The Kier molecular flexibility index (Phi) is 5.33. The number of sulfonamides is 1. The summed E-state index contributed by atoms with van der Waals surface area (Å²) < 4.78 is 27.9. The third kappa shape index (κ3) is 4.20. The van der Waals surface area contributed by atoms with E-state index in [1.165, 1.54) is 18.2 Å². The van der Waals surface area contributed by atoms with Gasteiger partial charge in [-0.3, -0.25) is 0 Å². The molecule has 3 nitrogen and oxygen atoms in total. The van der Waals surface area contributed by atoms with Crippen molar-refractivity contribution in [2.75, 3.05) is 0 Å². The van der Waals surface area contributed by atoms with Crippen LogP contribution in [-0.4, -0.2) is 8.42 Å². The van der Waals surface area contributed by atoms with E-state index in [9.17, 15) is 8.42 Å². The van der Waals surface area contributed by atoms with Gasteiger partial charge in [0.1, 0.15) is 0 Å². The monoisotopic (exact) mass is 407 g/mol. The van der Waals surface area contributed by atoms with Gasteiger partial charge in [0.05, 0.1) is 9.92 Å². The Hall–Kier alpha value is -0.590. The molecule has 0 saturated carbocycles. The first-order valence-corrected chi connectivity index (χ1v) is 9.05. The van der Waals surface area contributed by atoms with Crippen LogP contribution in [0, 0.1) is 0 Å². The third-order valence-electron chi connectivity index (χ3n) is 2.88. The summed E-state index contributed by atoms with van der Waals surface area (Å²) in [5, 5.41) is 1.02. The van der Waals surface area contributed by atoms with Gasteiger partial charge < -0.3 is 0 Å². The lowest BCUT2D eigenvalue weighted by Gasteiger charge is -2.15. The molecule has 2 aromatic rings. The summed E-state index contributed by atoms with van der Waals surface area (Å²) in [4.78, 5) is 0.146. The Labute approximate surface area is 142 Å². The third-order valence-corrected chi connectivity index (χ3v) is 5.87. The van der Waals surface area contributed by atoms with E-state index in [-0.39, 0.29) is 4.90 Å². The van der Waals surface area contributed by atoms with Gasteiger partial charge in [0.25, 0.3) is 0 Å². The molecule has 0 heterocycles. The van der Waals surface area contributed by atoms with Crippen molar-refractivity contribution < 1.29 is 8.42 Å². The zero-order valence-electron chi connectivity index (χ0n) is 11.0. The van der Waals surface area contributed by atoms with Gasteiger partial charge in [0.2, 0.25) is 10.0 Å². The van der Waals surface area contributed by atoms with Crippen LogP contribution in [-0.2, 0) is 10.0 Å². The van der Waals surface area contributed by atoms with Crippen molar-refractivity contribution in [2.45, 2.75) is 17.9 Å². The maximum atomic E-state index is 12.4. The summed E-state index contributed by atoms with van der Waals surface area (Å²) in [6.45, 7) is 1.76. The summed E-state index contributed by atoms with van der Waals surface area (Å²) >= 11 is 15.0. The molecule has 0 saturated heterocycles. The average Bonchev–Trinajstić information content (AvgIpc) is 2.41. The number of rotatable bonds is 4. The smallest absolute Gasteiger partial charge is 0.207 e. The Morgan fingerprint density at radius 1 is 1.14 bits per heavy atom. The fraction of sp³-hybridized carbons (Fsp3) is 0.143. The van der Waals surface area contributed by atoms with E-state index in [1.54, 1.807) is 25.1 Å². The van der Waals surface area contributed by atoms with Crippen molar-refractivity contribution in [3.63, 3.8) is 0 Å². The van der Waals surface area contributed by atoms with Crippen molar-refractivity contribution in [1.82, 2.24) is 4.72 Å². The predicted octanol–water partition coefficient (Wildman–Crippen LogP) is 4.80. The molecule has 2 rings (SSSR count). The lowest BCUT2D eigenvalue weighted by Crippen LogP contribution is -2.26. The van der Waals surface area contributed by atoms with E-state index >= 15 is 0 Å². The van der Waals surface area contributed by atoms with Gasteiger partial charge in [-0.1, -0.05) is 35.3 Å². The molecule has 0 spiro atoms. The van der Waals surface area contributed by atoms with E-state index < -0.39 is 16.1 Å². The molecule has 0 bridgehead atoms. The van der Waals surface area contributed by atoms with Gasteiger partial charge in [-0.25, -0.2) is 13.1 Å². The summed E-state index contributed by atoms with van der Waals surface area (Å²) in [6, 6.07) is 11.1. The molecule has 7 heteroatoms. The highest BCUT2D eigenvalue weighted by Gasteiger charge is 2.19. The quantitative estimate of drug-likeness (QED) is 0.789. The predicted molar refractivity (Wildman–Crippen MR) is 89.3 cm³/mol. The van der Waals surface area contributed by atoms with Gasteiger partial charge in [0, 0.05) is 15.5 Å². The molecule has 1 unspecified atom stereocenters. The van der Waals surface area contributed by atoms with Gasteiger partial charge in [-0.15, -0.1) is 0 Å². The SMILES string of the molecule is CC(NS(=O)(=O)c1ccc(Cl)c(Br)c1)c1cccc(Cl)c1. The van der Waals surface area contributed by atoms with Crippen molar-refractivity contribution >= 4 is 49.2 Å². The standard InChI is InChI=1S/C14H12BrCl2NO2S/c1-9(10-3-2-4-11(16)7-10)18-21(19,20)12-5-6-14(17)13(15)8-12/h2-9,18H,1H3. The Morgan fingerprint density at radius 3 is 2.48 bits per heavy atom. The van der Waals surface area contributed by atoms with Gasteiger partial charge in [-0.2, -0.15) is 0 Å². The maximum absolute atomic E-state index is 12.4. The zero-order valence-corrected chi connectivity index (χ0v) is 14.9. The van der Waals surface area contributed by atoms with Crippen LogP contribution in [0.4, 0.5) is 0 Å². The molecule has 0 radical (unpaired) electrons. The first-order chi connectivity index (χ1) is 9.79. The van der Waals surface area contributed by atoms with Crippen LogP contribution in [0.25, 0.3) is 0 Å². The fourth-order valence-electron chi connectivity index (χ4n) is 1.79. The average molecular weight is 409 g/mol. The van der Waals surface area contributed by atoms with Crippen LogP contribution in [0.2, 0.25) is 10.0 Å². The highest BCUT2D eigenvalue weighted by molar-refractivity contribution is 9.10. The molecule has 0 aliphatic carbocycles. The first-order valence-electron chi connectivity index (χ1n) is 6.02. The van der Waals surface area contributed by atoms with Crippen LogP contribution in [0.5, 0.6) is 0 Å². The highest BCUT2D eigenvalue weighted by atomic mass is 79.9. The van der Waals surface area contributed by atoms with Crippen molar-refractivity contribution in [3.8, 4) is 0 Å². The lowest BCUT2D eigenvalue weighted by molar-refractivity contribution is 0.567. The van der Waals surface area contributed by atoms with E-state index in [1.807, 2.05) is 6.07 Å². The molecule has 1 atom stereocenters. The molecule has 0 amide bonds. The molecule has 2 aromatic carbocycles. The van der Waals surface area contributed by atoms with Gasteiger partial charge in [-0.05, 0) is 58.7 Å². The highest BCUT2D eigenvalue weighted by Crippen LogP contribution is 2.26. The van der Waals surface area contributed by atoms with E-state index in [0.717, 1.165) is 5.56 Å². The Balaban J connectivity index is 2.26. The normalized spacial score (nSPS) is 13.1. The summed E-state index contributed by atoms with van der Waals surface area (Å²) in [7, 11) is -3.64. The van der Waals surface area contributed by atoms with Crippen LogP contribution < -0.4 is 4.72 Å².